The van der Waals surface area contributed by atoms with Crippen molar-refractivity contribution in [1.29, 1.82) is 0 Å². The molecule has 0 bridgehead atoms. The molecular weight excluding hydrogens is 353 g/mol. The summed E-state index contributed by atoms with van der Waals surface area (Å²) >= 11 is 17.7. The Kier molecular flexibility index (Phi) is 5.52. The fourth-order valence-electron chi connectivity index (χ4n) is 1.83. The molecule has 0 heterocycles. The van der Waals surface area contributed by atoms with Crippen LogP contribution in [0.5, 0.6) is 0 Å². The van der Waals surface area contributed by atoms with Crippen LogP contribution in [-0.2, 0) is 16.4 Å². The molecule has 0 aliphatic heterocycles. The number of hydrogen-bond donors (Lipinski definition) is 1. The predicted molar refractivity (Wildman–Crippen MR) is 86.8 cm³/mol. The smallest absolute Gasteiger partial charge is 0.211 e. The van der Waals surface area contributed by atoms with Crippen LogP contribution in [0.2, 0.25) is 15.1 Å². The van der Waals surface area contributed by atoms with E-state index >= 15 is 0 Å². The van der Waals surface area contributed by atoms with Crippen LogP contribution in [0.25, 0.3) is 0 Å². The summed E-state index contributed by atoms with van der Waals surface area (Å²) in [5.41, 5.74) is 0.940. The molecule has 0 aromatic heterocycles. The van der Waals surface area contributed by atoms with Gasteiger partial charge in [-0.15, -0.1) is 0 Å². The van der Waals surface area contributed by atoms with Crippen molar-refractivity contribution in [1.82, 2.24) is 4.72 Å². The molecule has 2 aromatic rings. The Bertz CT molecular complexity index is 727. The first-order valence-corrected chi connectivity index (χ1v) is 8.70. The van der Waals surface area contributed by atoms with Gasteiger partial charge in [0.25, 0.3) is 0 Å². The first-order valence-electron chi connectivity index (χ1n) is 6.08. The standard InChI is InChI=1S/C14H12Cl3NO2S/c15-11-4-1-3-10(9-11)7-8-18-21(19,20)14-12(16)5-2-6-13(14)17/h1-6,9,18H,7-8H2. The van der Waals surface area contributed by atoms with Crippen molar-refractivity contribution in [3.8, 4) is 0 Å². The number of hydrogen-bond acceptors (Lipinski definition) is 2. The van der Waals surface area contributed by atoms with E-state index in [1.165, 1.54) is 12.1 Å². The SMILES string of the molecule is O=S(=O)(NCCc1cccc(Cl)c1)c1c(Cl)cccc1Cl. The lowest BCUT2D eigenvalue weighted by Crippen LogP contribution is -2.26. The van der Waals surface area contributed by atoms with Crippen LogP contribution in [0.15, 0.2) is 47.4 Å². The number of sulfonamides is 1. The van der Waals surface area contributed by atoms with Gasteiger partial charge in [-0.05, 0) is 36.2 Å². The van der Waals surface area contributed by atoms with E-state index in [0.717, 1.165) is 5.56 Å². The monoisotopic (exact) mass is 363 g/mol. The normalized spacial score (nSPS) is 11.6. The Hall–Kier alpha value is -0.780. The third-order valence-electron chi connectivity index (χ3n) is 2.78. The minimum Gasteiger partial charge on any atom is -0.211 e. The van der Waals surface area contributed by atoms with Crippen molar-refractivity contribution >= 4 is 44.8 Å². The van der Waals surface area contributed by atoms with Crippen LogP contribution in [-0.4, -0.2) is 15.0 Å². The van der Waals surface area contributed by atoms with E-state index in [1.54, 1.807) is 18.2 Å². The Morgan fingerprint density at radius 1 is 0.952 bits per heavy atom. The highest BCUT2D eigenvalue weighted by Crippen LogP contribution is 2.28. The number of halogens is 3. The molecular formula is C14H12Cl3NO2S. The zero-order chi connectivity index (χ0) is 15.5. The van der Waals surface area contributed by atoms with Gasteiger partial charge in [0.15, 0.2) is 0 Å². The van der Waals surface area contributed by atoms with Gasteiger partial charge in [-0.2, -0.15) is 0 Å². The lowest BCUT2D eigenvalue weighted by atomic mass is 10.2. The lowest BCUT2D eigenvalue weighted by molar-refractivity contribution is 0.582. The molecule has 0 saturated heterocycles. The summed E-state index contributed by atoms with van der Waals surface area (Å²) in [7, 11) is -3.75. The van der Waals surface area contributed by atoms with Gasteiger partial charge < -0.3 is 0 Å². The third-order valence-corrected chi connectivity index (χ3v) is 5.43. The Morgan fingerprint density at radius 2 is 1.57 bits per heavy atom. The molecule has 0 atom stereocenters. The van der Waals surface area contributed by atoms with Gasteiger partial charge in [-0.1, -0.05) is 53.0 Å². The minimum absolute atomic E-state index is 0.0951. The van der Waals surface area contributed by atoms with E-state index in [2.05, 4.69) is 4.72 Å². The van der Waals surface area contributed by atoms with Gasteiger partial charge in [0.1, 0.15) is 4.90 Å². The highest BCUT2D eigenvalue weighted by molar-refractivity contribution is 7.89. The van der Waals surface area contributed by atoms with Crippen LogP contribution in [0.4, 0.5) is 0 Å². The third kappa shape index (κ3) is 4.34. The molecule has 3 nitrogen and oxygen atoms in total. The molecule has 0 radical (unpaired) electrons. The maximum Gasteiger partial charge on any atom is 0.243 e. The highest BCUT2D eigenvalue weighted by atomic mass is 35.5. The molecule has 112 valence electrons. The quantitative estimate of drug-likeness (QED) is 0.865. The van der Waals surface area contributed by atoms with E-state index in [0.29, 0.717) is 11.4 Å². The summed E-state index contributed by atoms with van der Waals surface area (Å²) in [5.74, 6) is 0. The Morgan fingerprint density at radius 3 is 2.19 bits per heavy atom. The van der Waals surface area contributed by atoms with Crippen LogP contribution in [0, 0.1) is 0 Å². The summed E-state index contributed by atoms with van der Waals surface area (Å²) < 4.78 is 26.9. The number of nitrogens with one attached hydrogen (secondary N) is 1. The maximum atomic E-state index is 12.2. The average Bonchev–Trinajstić information content (AvgIpc) is 2.38. The molecule has 7 heteroatoms. The van der Waals surface area contributed by atoms with Gasteiger partial charge in [0.2, 0.25) is 10.0 Å². The van der Waals surface area contributed by atoms with E-state index in [4.69, 9.17) is 34.8 Å². The number of benzene rings is 2. The van der Waals surface area contributed by atoms with Crippen LogP contribution in [0.3, 0.4) is 0 Å². The second-order valence-electron chi connectivity index (χ2n) is 4.33. The topological polar surface area (TPSA) is 46.2 Å². The van der Waals surface area contributed by atoms with E-state index in [1.807, 2.05) is 12.1 Å². The number of rotatable bonds is 5. The van der Waals surface area contributed by atoms with Crippen molar-refractivity contribution < 1.29 is 8.42 Å². The summed E-state index contributed by atoms with van der Waals surface area (Å²) in [6.07, 6.45) is 0.516. The van der Waals surface area contributed by atoms with Crippen molar-refractivity contribution in [2.45, 2.75) is 11.3 Å². The molecule has 0 spiro atoms. The Balaban J connectivity index is 2.09. The van der Waals surface area contributed by atoms with Crippen LogP contribution in [0.1, 0.15) is 5.56 Å². The molecule has 2 aromatic carbocycles. The summed E-state index contributed by atoms with van der Waals surface area (Å²) in [5, 5.41) is 0.806. The van der Waals surface area contributed by atoms with Gasteiger partial charge in [0.05, 0.1) is 10.0 Å². The minimum atomic E-state index is -3.75. The first kappa shape index (κ1) is 16.6. The lowest BCUT2D eigenvalue weighted by Gasteiger charge is -2.10. The second kappa shape index (κ2) is 6.99. The van der Waals surface area contributed by atoms with Crippen LogP contribution < -0.4 is 4.72 Å². The zero-order valence-electron chi connectivity index (χ0n) is 10.8. The van der Waals surface area contributed by atoms with Crippen molar-refractivity contribution in [2.24, 2.45) is 0 Å². The largest absolute Gasteiger partial charge is 0.243 e. The molecule has 0 amide bonds. The molecule has 0 unspecified atom stereocenters. The summed E-state index contributed by atoms with van der Waals surface area (Å²) in [4.78, 5) is -0.0978. The van der Waals surface area contributed by atoms with Crippen LogP contribution >= 0.6 is 34.8 Å². The molecule has 0 aliphatic carbocycles. The summed E-state index contributed by atoms with van der Waals surface area (Å²) in [6.45, 7) is 0.226. The van der Waals surface area contributed by atoms with Crippen molar-refractivity contribution in [3.63, 3.8) is 0 Å². The molecule has 1 N–H and O–H groups in total. The van der Waals surface area contributed by atoms with E-state index < -0.39 is 10.0 Å². The fraction of sp³-hybridized carbons (Fsp3) is 0.143. The molecule has 21 heavy (non-hydrogen) atoms. The van der Waals surface area contributed by atoms with Crippen molar-refractivity contribution in [3.05, 3.63) is 63.1 Å². The average molecular weight is 365 g/mol. The summed E-state index contributed by atoms with van der Waals surface area (Å²) in [6, 6.07) is 11.8. The van der Waals surface area contributed by atoms with Crippen molar-refractivity contribution in [2.75, 3.05) is 6.54 Å². The maximum absolute atomic E-state index is 12.2. The molecule has 0 aliphatic rings. The molecule has 0 saturated carbocycles. The second-order valence-corrected chi connectivity index (χ2v) is 7.28. The fourth-order valence-corrected chi connectivity index (χ4v) is 4.22. The zero-order valence-corrected chi connectivity index (χ0v) is 13.9. The van der Waals surface area contributed by atoms with Gasteiger partial charge in [-0.3, -0.25) is 0 Å². The van der Waals surface area contributed by atoms with Gasteiger partial charge in [-0.25, -0.2) is 13.1 Å². The van der Waals surface area contributed by atoms with Gasteiger partial charge >= 0.3 is 0 Å². The Labute approximate surface area is 138 Å². The highest BCUT2D eigenvalue weighted by Gasteiger charge is 2.20. The molecule has 2 rings (SSSR count). The first-order chi connectivity index (χ1) is 9.90. The van der Waals surface area contributed by atoms with E-state index in [-0.39, 0.29) is 21.5 Å². The predicted octanol–water partition coefficient (Wildman–Crippen LogP) is 4.17. The van der Waals surface area contributed by atoms with Gasteiger partial charge in [0, 0.05) is 11.6 Å². The van der Waals surface area contributed by atoms with E-state index in [9.17, 15) is 8.42 Å². The molecule has 0 fully saturated rings.